The van der Waals surface area contributed by atoms with Crippen molar-refractivity contribution in [1.29, 1.82) is 0 Å². The van der Waals surface area contributed by atoms with Gasteiger partial charge in [-0.3, -0.25) is 19.2 Å². The number of rotatable bonds is 3. The molecule has 0 bridgehead atoms. The maximum absolute atomic E-state index is 12.7. The van der Waals surface area contributed by atoms with Crippen molar-refractivity contribution in [2.45, 2.75) is 19.4 Å². The van der Waals surface area contributed by atoms with Gasteiger partial charge in [-0.05, 0) is 36.9 Å². The van der Waals surface area contributed by atoms with Crippen LogP contribution in [0.4, 0.5) is 5.82 Å². The third-order valence-electron chi connectivity index (χ3n) is 4.58. The van der Waals surface area contributed by atoms with Crippen LogP contribution in [0.15, 0.2) is 36.5 Å². The minimum absolute atomic E-state index is 0.0997. The van der Waals surface area contributed by atoms with E-state index in [1.807, 2.05) is 38.4 Å². The average molecular weight is 337 g/mol. The summed E-state index contributed by atoms with van der Waals surface area (Å²) in [5, 5.41) is 8.18. The van der Waals surface area contributed by atoms with Crippen LogP contribution in [0.2, 0.25) is 0 Å². The number of nitrogens with zero attached hydrogens (tertiary/aromatic N) is 3. The Morgan fingerprint density at radius 2 is 2.16 bits per heavy atom. The van der Waals surface area contributed by atoms with Gasteiger partial charge in [0.25, 0.3) is 11.8 Å². The average Bonchev–Trinajstić information content (AvgIpc) is 3.27. The number of carbonyl (C=O) groups excluding carboxylic acids is 2. The second-order valence-electron chi connectivity index (χ2n) is 6.35. The third kappa shape index (κ3) is 2.67. The first-order valence-electron chi connectivity index (χ1n) is 8.23. The van der Waals surface area contributed by atoms with Crippen LogP contribution >= 0.6 is 0 Å². The van der Waals surface area contributed by atoms with Crippen LogP contribution in [0.3, 0.4) is 0 Å². The Kier molecular flexibility index (Phi) is 3.56. The van der Waals surface area contributed by atoms with Gasteiger partial charge in [-0.15, -0.1) is 0 Å². The quantitative estimate of drug-likeness (QED) is 0.764. The van der Waals surface area contributed by atoms with E-state index in [0.29, 0.717) is 18.5 Å². The standard InChI is InChI=1S/C18H19N5O2/c1-11-9-16(22(2)21-11)23-8-6-14(18(23)25)20-17(24)13-4-3-12-5-7-19-15(12)10-13/h3-5,7,9-10,14,19H,6,8H2,1-2H3,(H,20,24)/t14-/m0/s1. The summed E-state index contributed by atoms with van der Waals surface area (Å²) in [4.78, 5) is 30.0. The van der Waals surface area contributed by atoms with Gasteiger partial charge in [0.15, 0.2) is 0 Å². The number of hydrogen-bond donors (Lipinski definition) is 2. The van der Waals surface area contributed by atoms with E-state index < -0.39 is 6.04 Å². The highest BCUT2D eigenvalue weighted by Crippen LogP contribution is 2.22. The van der Waals surface area contributed by atoms with E-state index in [4.69, 9.17) is 0 Å². The maximum atomic E-state index is 12.7. The molecule has 3 heterocycles. The fourth-order valence-corrected chi connectivity index (χ4v) is 3.32. The Hall–Kier alpha value is -3.09. The topological polar surface area (TPSA) is 83.0 Å². The van der Waals surface area contributed by atoms with E-state index in [0.717, 1.165) is 22.4 Å². The number of aryl methyl sites for hydroxylation is 2. The fourth-order valence-electron chi connectivity index (χ4n) is 3.32. The molecule has 0 aliphatic carbocycles. The summed E-state index contributed by atoms with van der Waals surface area (Å²) < 4.78 is 1.69. The van der Waals surface area contributed by atoms with Gasteiger partial charge < -0.3 is 10.3 Å². The van der Waals surface area contributed by atoms with E-state index >= 15 is 0 Å². The second-order valence-corrected chi connectivity index (χ2v) is 6.35. The number of H-pyrrole nitrogens is 1. The molecule has 1 atom stereocenters. The zero-order valence-corrected chi connectivity index (χ0v) is 14.1. The molecule has 0 unspecified atom stereocenters. The van der Waals surface area contributed by atoms with Gasteiger partial charge in [0.1, 0.15) is 11.9 Å². The van der Waals surface area contributed by atoms with Crippen molar-refractivity contribution in [1.82, 2.24) is 20.1 Å². The van der Waals surface area contributed by atoms with Crippen LogP contribution in [-0.4, -0.2) is 39.2 Å². The summed E-state index contributed by atoms with van der Waals surface area (Å²) in [7, 11) is 1.81. The molecule has 1 aromatic carbocycles. The number of fused-ring (bicyclic) bond motifs is 1. The number of benzene rings is 1. The highest BCUT2D eigenvalue weighted by Gasteiger charge is 2.35. The Morgan fingerprint density at radius 3 is 2.92 bits per heavy atom. The van der Waals surface area contributed by atoms with E-state index in [9.17, 15) is 9.59 Å². The summed E-state index contributed by atoms with van der Waals surface area (Å²) in [5.74, 6) is 0.419. The highest BCUT2D eigenvalue weighted by atomic mass is 16.2. The number of amides is 2. The predicted octanol–water partition coefficient (Wildman–Crippen LogP) is 1.75. The van der Waals surface area contributed by atoms with E-state index in [1.54, 1.807) is 21.7 Å². The predicted molar refractivity (Wildman–Crippen MR) is 94.5 cm³/mol. The van der Waals surface area contributed by atoms with Crippen LogP contribution in [0.1, 0.15) is 22.5 Å². The Bertz CT molecular complexity index is 971. The van der Waals surface area contributed by atoms with Crippen molar-refractivity contribution in [3.8, 4) is 0 Å². The third-order valence-corrected chi connectivity index (χ3v) is 4.58. The first-order valence-corrected chi connectivity index (χ1v) is 8.23. The number of anilines is 1. The Labute approximate surface area is 144 Å². The van der Waals surface area contributed by atoms with Crippen molar-refractivity contribution in [3.63, 3.8) is 0 Å². The Morgan fingerprint density at radius 1 is 1.32 bits per heavy atom. The largest absolute Gasteiger partial charge is 0.361 e. The van der Waals surface area contributed by atoms with Crippen LogP contribution < -0.4 is 10.2 Å². The summed E-state index contributed by atoms with van der Waals surface area (Å²) in [6.45, 7) is 2.46. The summed E-state index contributed by atoms with van der Waals surface area (Å²) in [5.41, 5.74) is 2.30. The zero-order valence-electron chi connectivity index (χ0n) is 14.1. The number of aromatic amines is 1. The van der Waals surface area contributed by atoms with Gasteiger partial charge in [0, 0.05) is 36.9 Å². The van der Waals surface area contributed by atoms with Gasteiger partial charge in [0.2, 0.25) is 0 Å². The Balaban J connectivity index is 1.50. The number of carbonyl (C=O) groups is 2. The number of hydrogen-bond acceptors (Lipinski definition) is 3. The molecule has 0 radical (unpaired) electrons. The van der Waals surface area contributed by atoms with Crippen LogP contribution in [-0.2, 0) is 11.8 Å². The molecule has 1 fully saturated rings. The van der Waals surface area contributed by atoms with Crippen molar-refractivity contribution in [3.05, 3.63) is 47.8 Å². The minimum atomic E-state index is -0.512. The SMILES string of the molecule is Cc1cc(N2CC[C@H](NC(=O)c3ccc4cc[nH]c4c3)C2=O)n(C)n1. The number of aromatic nitrogens is 3. The molecule has 2 aromatic heterocycles. The zero-order chi connectivity index (χ0) is 17.6. The molecule has 2 amide bonds. The normalized spacial score (nSPS) is 17.4. The molecule has 7 nitrogen and oxygen atoms in total. The first kappa shape index (κ1) is 15.4. The summed E-state index contributed by atoms with van der Waals surface area (Å²) in [6.07, 6.45) is 2.42. The molecule has 1 aliphatic heterocycles. The van der Waals surface area contributed by atoms with Crippen molar-refractivity contribution in [2.75, 3.05) is 11.4 Å². The second kappa shape index (κ2) is 5.77. The van der Waals surface area contributed by atoms with Gasteiger partial charge in [-0.25, -0.2) is 0 Å². The maximum Gasteiger partial charge on any atom is 0.252 e. The monoisotopic (exact) mass is 337 g/mol. The molecule has 0 spiro atoms. The van der Waals surface area contributed by atoms with E-state index in [1.165, 1.54) is 0 Å². The summed E-state index contributed by atoms with van der Waals surface area (Å²) >= 11 is 0. The van der Waals surface area contributed by atoms with Crippen molar-refractivity contribution >= 4 is 28.5 Å². The molecule has 128 valence electrons. The van der Waals surface area contributed by atoms with Gasteiger partial charge >= 0.3 is 0 Å². The smallest absolute Gasteiger partial charge is 0.252 e. The molecule has 1 saturated heterocycles. The first-order chi connectivity index (χ1) is 12.0. The molecule has 7 heteroatoms. The lowest BCUT2D eigenvalue weighted by Gasteiger charge is -2.17. The van der Waals surface area contributed by atoms with E-state index in [2.05, 4.69) is 15.4 Å². The van der Waals surface area contributed by atoms with Crippen LogP contribution in [0.25, 0.3) is 10.9 Å². The van der Waals surface area contributed by atoms with Crippen molar-refractivity contribution < 1.29 is 9.59 Å². The van der Waals surface area contributed by atoms with Crippen molar-refractivity contribution in [2.24, 2.45) is 7.05 Å². The van der Waals surface area contributed by atoms with Crippen LogP contribution in [0.5, 0.6) is 0 Å². The van der Waals surface area contributed by atoms with Crippen LogP contribution in [0, 0.1) is 6.92 Å². The van der Waals surface area contributed by atoms with Gasteiger partial charge in [-0.1, -0.05) is 6.07 Å². The van der Waals surface area contributed by atoms with Gasteiger partial charge in [-0.2, -0.15) is 5.10 Å². The molecule has 25 heavy (non-hydrogen) atoms. The highest BCUT2D eigenvalue weighted by molar-refractivity contribution is 6.04. The molecule has 0 saturated carbocycles. The molecular formula is C18H19N5O2. The lowest BCUT2D eigenvalue weighted by molar-refractivity contribution is -0.118. The fraction of sp³-hybridized carbons (Fsp3) is 0.278. The molecule has 2 N–H and O–H groups in total. The van der Waals surface area contributed by atoms with Gasteiger partial charge in [0.05, 0.1) is 5.69 Å². The minimum Gasteiger partial charge on any atom is -0.361 e. The lowest BCUT2D eigenvalue weighted by Crippen LogP contribution is -2.41. The molecule has 3 aromatic rings. The molecular weight excluding hydrogens is 318 g/mol. The summed E-state index contributed by atoms with van der Waals surface area (Å²) in [6, 6.07) is 8.77. The lowest BCUT2D eigenvalue weighted by atomic mass is 10.1. The number of nitrogens with one attached hydrogen (secondary N) is 2. The molecule has 4 rings (SSSR count). The van der Waals surface area contributed by atoms with E-state index in [-0.39, 0.29) is 11.8 Å². The molecule has 1 aliphatic rings.